The van der Waals surface area contributed by atoms with Crippen LogP contribution in [0, 0.1) is 11.8 Å². The summed E-state index contributed by atoms with van der Waals surface area (Å²) >= 11 is 0. The first kappa shape index (κ1) is 18.1. The summed E-state index contributed by atoms with van der Waals surface area (Å²) in [6.07, 6.45) is -1.39. The topological polar surface area (TPSA) is 205 Å². The lowest BCUT2D eigenvalue weighted by molar-refractivity contribution is -0.145. The Labute approximate surface area is 140 Å². The number of rotatable bonds is 3. The first-order valence-corrected chi connectivity index (χ1v) is 7.12. The number of hydrogen-bond donors (Lipinski definition) is 5. The van der Waals surface area contributed by atoms with E-state index in [4.69, 9.17) is 11.5 Å². The van der Waals surface area contributed by atoms with Gasteiger partial charge in [-0.25, -0.2) is 0 Å². The van der Waals surface area contributed by atoms with Gasteiger partial charge in [0, 0.05) is 18.9 Å². The predicted octanol–water partition coefficient (Wildman–Crippen LogP) is -5.31. The smallest absolute Gasteiger partial charge is 0.327 e. The van der Waals surface area contributed by atoms with Gasteiger partial charge in [-0.2, -0.15) is 0 Å². The lowest BCUT2D eigenvalue weighted by atomic mass is 9.88. The molecule has 0 aromatic rings. The minimum atomic E-state index is -1.30. The highest BCUT2D eigenvalue weighted by Gasteiger charge is 2.49. The van der Waals surface area contributed by atoms with Crippen LogP contribution in [0.2, 0.25) is 0 Å². The minimum Gasteiger partial charge on any atom is -0.390 e. The van der Waals surface area contributed by atoms with Crippen LogP contribution >= 0.6 is 0 Å². The number of nitrogens with zero attached hydrogens (tertiary/aromatic N) is 2. The third-order valence-corrected chi connectivity index (χ3v) is 3.92. The van der Waals surface area contributed by atoms with E-state index in [0.29, 0.717) is 0 Å². The Morgan fingerprint density at radius 1 is 0.960 bits per heavy atom. The largest absolute Gasteiger partial charge is 0.390 e. The van der Waals surface area contributed by atoms with Crippen LogP contribution < -0.4 is 22.3 Å². The van der Waals surface area contributed by atoms with E-state index in [9.17, 15) is 33.9 Å². The van der Waals surface area contributed by atoms with Crippen LogP contribution in [0.25, 0.3) is 0 Å². The third kappa shape index (κ3) is 3.65. The summed E-state index contributed by atoms with van der Waals surface area (Å²) in [4.78, 5) is 68.2. The monoisotopic (exact) mass is 356 g/mol. The van der Waals surface area contributed by atoms with Gasteiger partial charge >= 0.3 is 23.6 Å². The number of carbonyl (C=O) groups is 6. The Kier molecular flexibility index (Phi) is 4.87. The number of amides is 6. The summed E-state index contributed by atoms with van der Waals surface area (Å²) < 4.78 is 0. The molecule has 136 valence electrons. The van der Waals surface area contributed by atoms with E-state index in [0.717, 1.165) is 10.0 Å². The number of nitrogens with one attached hydrogen (secondary N) is 2. The molecule has 6 amide bonds. The molecule has 0 aromatic heterocycles. The Balaban J connectivity index is 2.04. The van der Waals surface area contributed by atoms with E-state index in [1.807, 2.05) is 10.9 Å². The van der Waals surface area contributed by atoms with Gasteiger partial charge in [0.1, 0.15) is 0 Å². The molecule has 0 radical (unpaired) electrons. The maximum atomic E-state index is 12.3. The molecule has 0 bridgehead atoms. The van der Waals surface area contributed by atoms with Crippen LogP contribution in [0.5, 0.6) is 0 Å². The summed E-state index contributed by atoms with van der Waals surface area (Å²) in [7, 11) is 0. The number of carbonyl (C=O) groups excluding carboxylic acids is 6. The zero-order valence-corrected chi connectivity index (χ0v) is 12.8. The van der Waals surface area contributed by atoms with Crippen molar-refractivity contribution in [2.24, 2.45) is 23.3 Å². The second-order valence-electron chi connectivity index (χ2n) is 5.62. The summed E-state index contributed by atoms with van der Waals surface area (Å²) in [6.45, 7) is -0.427. The van der Waals surface area contributed by atoms with Crippen LogP contribution in [-0.4, -0.2) is 69.8 Å². The van der Waals surface area contributed by atoms with Crippen LogP contribution in [-0.2, 0) is 28.8 Å². The van der Waals surface area contributed by atoms with Gasteiger partial charge in [0.2, 0.25) is 11.8 Å². The van der Waals surface area contributed by atoms with E-state index in [-0.39, 0.29) is 19.5 Å². The zero-order valence-electron chi connectivity index (χ0n) is 12.8. The minimum absolute atomic E-state index is 0.136. The highest BCUT2D eigenvalue weighted by Crippen LogP contribution is 2.31. The average molecular weight is 356 g/mol. The highest BCUT2D eigenvalue weighted by atomic mass is 16.3. The molecule has 25 heavy (non-hydrogen) atoms. The maximum Gasteiger partial charge on any atom is 0.327 e. The normalized spacial score (nSPS) is 25.9. The Morgan fingerprint density at radius 2 is 1.48 bits per heavy atom. The van der Waals surface area contributed by atoms with E-state index in [2.05, 4.69) is 0 Å². The lowest BCUT2D eigenvalue weighted by Gasteiger charge is -2.20. The summed E-state index contributed by atoms with van der Waals surface area (Å²) in [5.41, 5.74) is 13.5. The molecule has 0 aliphatic carbocycles. The second-order valence-corrected chi connectivity index (χ2v) is 5.62. The molecule has 2 saturated heterocycles. The zero-order chi connectivity index (χ0) is 18.9. The van der Waals surface area contributed by atoms with E-state index in [1.165, 1.54) is 0 Å². The number of aliphatic hydroxyl groups excluding tert-OH is 1. The van der Waals surface area contributed by atoms with Gasteiger partial charge < -0.3 is 16.6 Å². The van der Waals surface area contributed by atoms with Crippen LogP contribution in [0.3, 0.4) is 0 Å². The van der Waals surface area contributed by atoms with Gasteiger partial charge in [-0.15, -0.1) is 0 Å². The van der Waals surface area contributed by atoms with Crippen molar-refractivity contribution in [2.45, 2.75) is 12.5 Å². The Morgan fingerprint density at radius 3 is 2.00 bits per heavy atom. The number of hydrogen-bond acceptors (Lipinski definition) is 7. The Bertz CT molecular complexity index is 664. The van der Waals surface area contributed by atoms with Gasteiger partial charge in [-0.1, -0.05) is 0 Å². The van der Waals surface area contributed by atoms with Crippen molar-refractivity contribution in [3.8, 4) is 0 Å². The Hall–Kier alpha value is -3.22. The van der Waals surface area contributed by atoms with Gasteiger partial charge in [0.05, 0.1) is 18.6 Å². The molecule has 7 N–H and O–H groups in total. The maximum absolute atomic E-state index is 12.3. The van der Waals surface area contributed by atoms with Crippen molar-refractivity contribution < 1.29 is 33.9 Å². The number of aliphatic hydroxyl groups is 1. The molecule has 2 heterocycles. The SMILES string of the molecule is NC(=O)C(=O)NN1CC(C2C(=O)N(NC(=O)C(N)=O)CC2O)CC1=O. The fourth-order valence-corrected chi connectivity index (χ4v) is 2.79. The molecule has 0 spiro atoms. The molecule has 2 aliphatic heterocycles. The molecule has 0 aromatic carbocycles. The third-order valence-electron chi connectivity index (χ3n) is 3.92. The standard InChI is InChI=1S/C12H16N6O7/c13-8(21)10(23)15-17-2-4(1-6(17)20)7-5(19)3-18(12(7)25)16-11(24)9(14)22/h4-5,7,19H,1-3H2,(H2,13,21)(H2,14,22)(H,15,23)(H,16,24). The number of hydrazine groups is 2. The molecule has 0 saturated carbocycles. The van der Waals surface area contributed by atoms with Crippen LogP contribution in [0.1, 0.15) is 6.42 Å². The molecular formula is C12H16N6O7. The lowest BCUT2D eigenvalue weighted by Crippen LogP contribution is -2.49. The first-order valence-electron chi connectivity index (χ1n) is 7.12. The molecule has 2 aliphatic rings. The quantitative estimate of drug-likeness (QED) is 0.310. The fraction of sp³-hybridized carbons (Fsp3) is 0.500. The molecule has 3 unspecified atom stereocenters. The fourth-order valence-electron chi connectivity index (χ4n) is 2.79. The van der Waals surface area contributed by atoms with Crippen LogP contribution in [0.4, 0.5) is 0 Å². The number of primary amides is 2. The molecule has 2 rings (SSSR count). The second kappa shape index (κ2) is 6.72. The first-order chi connectivity index (χ1) is 11.6. The van der Waals surface area contributed by atoms with Crippen molar-refractivity contribution in [3.63, 3.8) is 0 Å². The molecule has 2 fully saturated rings. The van der Waals surface area contributed by atoms with Crippen molar-refractivity contribution in [2.75, 3.05) is 13.1 Å². The van der Waals surface area contributed by atoms with Crippen molar-refractivity contribution in [1.29, 1.82) is 0 Å². The predicted molar refractivity (Wildman–Crippen MR) is 75.7 cm³/mol. The highest BCUT2D eigenvalue weighted by molar-refractivity contribution is 6.34. The van der Waals surface area contributed by atoms with Crippen molar-refractivity contribution >= 4 is 35.4 Å². The number of β-amino-alcohol motifs (C(OH)–C–C–N with tert-alkyl or cyclic N) is 1. The van der Waals surface area contributed by atoms with Gasteiger partial charge in [0.15, 0.2) is 0 Å². The summed E-state index contributed by atoms with van der Waals surface area (Å²) in [6, 6.07) is 0. The van der Waals surface area contributed by atoms with Gasteiger partial charge in [-0.05, 0) is 0 Å². The van der Waals surface area contributed by atoms with Crippen molar-refractivity contribution in [3.05, 3.63) is 0 Å². The van der Waals surface area contributed by atoms with E-state index < -0.39 is 53.4 Å². The van der Waals surface area contributed by atoms with E-state index >= 15 is 0 Å². The van der Waals surface area contributed by atoms with Crippen LogP contribution in [0.15, 0.2) is 0 Å². The summed E-state index contributed by atoms with van der Waals surface area (Å²) in [5.74, 6) is -8.01. The van der Waals surface area contributed by atoms with Gasteiger partial charge in [0.25, 0.3) is 0 Å². The van der Waals surface area contributed by atoms with Crippen molar-refractivity contribution in [1.82, 2.24) is 20.9 Å². The van der Waals surface area contributed by atoms with E-state index in [1.54, 1.807) is 0 Å². The average Bonchev–Trinajstić information content (AvgIpc) is 2.99. The number of nitrogens with two attached hydrogens (primary N) is 2. The molecule has 13 heteroatoms. The van der Waals surface area contributed by atoms with Gasteiger partial charge in [-0.3, -0.25) is 49.6 Å². The molecule has 13 nitrogen and oxygen atoms in total. The molecule has 3 atom stereocenters. The summed E-state index contributed by atoms with van der Waals surface area (Å²) in [5, 5.41) is 11.6. The molecular weight excluding hydrogens is 340 g/mol.